The summed E-state index contributed by atoms with van der Waals surface area (Å²) in [6.45, 7) is 9.45. The molecule has 0 bridgehead atoms. The number of piperidine rings is 1. The van der Waals surface area contributed by atoms with Gasteiger partial charge in [0.15, 0.2) is 6.10 Å². The summed E-state index contributed by atoms with van der Waals surface area (Å²) < 4.78 is 0. The molecule has 5 nitrogen and oxygen atoms in total. The first-order valence-electron chi connectivity index (χ1n) is 8.98. The van der Waals surface area contributed by atoms with Gasteiger partial charge < -0.3 is 4.84 Å². The number of oxime groups is 1. The number of rotatable bonds is 4. The lowest BCUT2D eigenvalue weighted by Crippen LogP contribution is -2.58. The molecular formula is C20H27N3O2. The minimum absolute atomic E-state index is 0.0250. The number of hydrogen-bond acceptors (Lipinski definition) is 5. The number of benzene rings is 1. The van der Waals surface area contributed by atoms with Crippen molar-refractivity contribution in [1.29, 1.82) is 5.26 Å². The highest BCUT2D eigenvalue weighted by Crippen LogP contribution is 2.38. The molecule has 1 fully saturated rings. The van der Waals surface area contributed by atoms with Crippen LogP contribution in [0.15, 0.2) is 29.4 Å². The number of nitriles is 1. The van der Waals surface area contributed by atoms with Crippen LogP contribution in [0.3, 0.4) is 0 Å². The van der Waals surface area contributed by atoms with Gasteiger partial charge in [-0.05, 0) is 64.7 Å². The molecule has 0 N–H and O–H groups in total. The first-order chi connectivity index (χ1) is 11.8. The van der Waals surface area contributed by atoms with E-state index in [0.29, 0.717) is 12.2 Å². The Balaban J connectivity index is 1.58. The van der Waals surface area contributed by atoms with Gasteiger partial charge in [-0.1, -0.05) is 17.3 Å². The summed E-state index contributed by atoms with van der Waals surface area (Å²) in [5, 5.41) is 15.3. The van der Waals surface area contributed by atoms with Gasteiger partial charge in [0.25, 0.3) is 0 Å². The molecule has 0 amide bonds. The largest absolute Gasteiger partial charge is 0.389 e. The minimum Gasteiger partial charge on any atom is -0.389 e. The van der Waals surface area contributed by atoms with E-state index in [9.17, 15) is 0 Å². The van der Waals surface area contributed by atoms with Crippen LogP contribution in [0.2, 0.25) is 0 Å². The van der Waals surface area contributed by atoms with E-state index >= 15 is 0 Å². The molecule has 0 aromatic heterocycles. The van der Waals surface area contributed by atoms with Crippen LogP contribution >= 0.6 is 0 Å². The third-order valence-electron chi connectivity index (χ3n) is 5.15. The molecule has 0 aliphatic carbocycles. The van der Waals surface area contributed by atoms with E-state index < -0.39 is 0 Å². The monoisotopic (exact) mass is 341 g/mol. The van der Waals surface area contributed by atoms with Crippen LogP contribution in [0.4, 0.5) is 0 Å². The lowest BCUT2D eigenvalue weighted by molar-refractivity contribution is -0.290. The Kier molecular flexibility index (Phi) is 4.86. The van der Waals surface area contributed by atoms with E-state index in [1.165, 1.54) is 6.42 Å². The van der Waals surface area contributed by atoms with Crippen molar-refractivity contribution in [2.24, 2.45) is 5.16 Å². The molecule has 1 saturated heterocycles. The van der Waals surface area contributed by atoms with Gasteiger partial charge in [0.1, 0.15) is 6.61 Å². The van der Waals surface area contributed by atoms with Crippen molar-refractivity contribution in [3.63, 3.8) is 0 Å². The zero-order chi connectivity index (χ0) is 18.1. The van der Waals surface area contributed by atoms with Crippen LogP contribution in [0, 0.1) is 11.3 Å². The van der Waals surface area contributed by atoms with Crippen molar-refractivity contribution in [3.05, 3.63) is 35.4 Å². The molecule has 1 atom stereocenters. The van der Waals surface area contributed by atoms with Crippen LogP contribution in [-0.2, 0) is 9.68 Å². The number of nitrogens with zero attached hydrogens (tertiary/aromatic N) is 3. The molecule has 0 saturated carbocycles. The first-order valence-corrected chi connectivity index (χ1v) is 8.98. The number of hydroxylamine groups is 2. The third kappa shape index (κ3) is 3.86. The first kappa shape index (κ1) is 17.9. The normalized spacial score (nSPS) is 25.1. The summed E-state index contributed by atoms with van der Waals surface area (Å²) in [4.78, 5) is 11.8. The van der Waals surface area contributed by atoms with E-state index in [4.69, 9.17) is 14.9 Å². The Morgan fingerprint density at radius 2 is 1.84 bits per heavy atom. The second-order valence-corrected chi connectivity index (χ2v) is 8.23. The molecule has 25 heavy (non-hydrogen) atoms. The molecular weight excluding hydrogens is 314 g/mol. The molecule has 1 unspecified atom stereocenters. The molecule has 0 radical (unpaired) electrons. The van der Waals surface area contributed by atoms with Gasteiger partial charge in [-0.3, -0.25) is 4.84 Å². The fraction of sp³-hybridized carbons (Fsp3) is 0.600. The summed E-state index contributed by atoms with van der Waals surface area (Å²) in [6, 6.07) is 9.58. The lowest BCUT2D eigenvalue weighted by atomic mass is 9.82. The second-order valence-electron chi connectivity index (χ2n) is 8.23. The quantitative estimate of drug-likeness (QED) is 0.830. The predicted octanol–water partition coefficient (Wildman–Crippen LogP) is 4.03. The van der Waals surface area contributed by atoms with Gasteiger partial charge in [-0.25, -0.2) is 0 Å². The summed E-state index contributed by atoms with van der Waals surface area (Å²) in [7, 11) is 0. The van der Waals surface area contributed by atoms with Gasteiger partial charge in [-0.2, -0.15) is 10.3 Å². The van der Waals surface area contributed by atoms with Crippen molar-refractivity contribution in [3.8, 4) is 6.07 Å². The predicted molar refractivity (Wildman–Crippen MR) is 97.0 cm³/mol. The average molecular weight is 341 g/mol. The Morgan fingerprint density at radius 3 is 2.44 bits per heavy atom. The van der Waals surface area contributed by atoms with Gasteiger partial charge in [0.05, 0.1) is 17.3 Å². The van der Waals surface area contributed by atoms with E-state index in [2.05, 4.69) is 44.0 Å². The maximum absolute atomic E-state index is 8.89. The van der Waals surface area contributed by atoms with Crippen molar-refractivity contribution < 1.29 is 9.68 Å². The van der Waals surface area contributed by atoms with Crippen LogP contribution < -0.4 is 0 Å². The van der Waals surface area contributed by atoms with Gasteiger partial charge in [0.2, 0.25) is 0 Å². The highest BCUT2D eigenvalue weighted by Gasteiger charge is 2.43. The van der Waals surface area contributed by atoms with Gasteiger partial charge in [-0.15, -0.1) is 0 Å². The zero-order valence-corrected chi connectivity index (χ0v) is 15.6. The Labute approximate surface area is 150 Å². The fourth-order valence-electron chi connectivity index (χ4n) is 3.91. The van der Waals surface area contributed by atoms with Gasteiger partial charge in [0, 0.05) is 17.5 Å². The fourth-order valence-corrected chi connectivity index (χ4v) is 3.91. The van der Waals surface area contributed by atoms with E-state index in [1.807, 2.05) is 12.1 Å². The smallest absolute Gasteiger partial charge is 0.158 e. The van der Waals surface area contributed by atoms with E-state index in [-0.39, 0.29) is 17.2 Å². The lowest BCUT2D eigenvalue weighted by Gasteiger charge is -2.51. The maximum Gasteiger partial charge on any atom is 0.158 e. The number of hydrogen-bond donors (Lipinski definition) is 0. The summed E-state index contributed by atoms with van der Waals surface area (Å²) in [6.07, 6.45) is 4.15. The molecule has 0 spiro atoms. The van der Waals surface area contributed by atoms with Crippen molar-refractivity contribution in [2.75, 3.05) is 6.61 Å². The van der Waals surface area contributed by atoms with Crippen molar-refractivity contribution >= 4 is 5.71 Å². The molecule has 134 valence electrons. The van der Waals surface area contributed by atoms with Crippen molar-refractivity contribution in [2.45, 2.75) is 70.6 Å². The van der Waals surface area contributed by atoms with Crippen LogP contribution in [0.5, 0.6) is 0 Å². The highest BCUT2D eigenvalue weighted by atomic mass is 16.7. The van der Waals surface area contributed by atoms with Crippen LogP contribution in [-0.4, -0.2) is 34.6 Å². The van der Waals surface area contributed by atoms with Crippen LogP contribution in [0.1, 0.15) is 64.5 Å². The summed E-state index contributed by atoms with van der Waals surface area (Å²) in [5.74, 6) is 0. The Hall–Kier alpha value is -1.90. The zero-order valence-electron chi connectivity index (χ0n) is 15.6. The molecule has 1 aromatic carbocycles. The van der Waals surface area contributed by atoms with E-state index in [1.54, 1.807) is 12.1 Å². The molecule has 2 aliphatic rings. The second kappa shape index (κ2) is 6.78. The molecule has 1 aromatic rings. The Morgan fingerprint density at radius 1 is 1.20 bits per heavy atom. The molecule has 2 heterocycles. The van der Waals surface area contributed by atoms with E-state index in [0.717, 1.165) is 30.5 Å². The Bertz CT molecular complexity index is 670. The van der Waals surface area contributed by atoms with Gasteiger partial charge >= 0.3 is 0 Å². The highest BCUT2D eigenvalue weighted by molar-refractivity contribution is 6.01. The average Bonchev–Trinajstić information content (AvgIpc) is 3.02. The summed E-state index contributed by atoms with van der Waals surface area (Å²) >= 11 is 0. The SMILES string of the molecule is CC1(C)CCCC(C)(C)N1OCC1CC(c2ccc(C#N)cc2)=NO1. The molecule has 2 aliphatic heterocycles. The standard InChI is InChI=1S/C20H27N3O2/c1-19(2)10-5-11-20(3,4)23(19)24-14-17-12-18(22-25-17)16-8-6-15(13-21)7-9-16/h6-9,17H,5,10-12,14H2,1-4H3. The topological polar surface area (TPSA) is 57.8 Å². The third-order valence-corrected chi connectivity index (χ3v) is 5.15. The molecule has 5 heteroatoms. The van der Waals surface area contributed by atoms with Crippen molar-refractivity contribution in [1.82, 2.24) is 5.06 Å². The molecule has 3 rings (SSSR count). The van der Waals surface area contributed by atoms with Crippen LogP contribution in [0.25, 0.3) is 0 Å². The summed E-state index contributed by atoms with van der Waals surface area (Å²) in [5.41, 5.74) is 2.61. The maximum atomic E-state index is 8.89. The minimum atomic E-state index is -0.0702.